The zero-order chi connectivity index (χ0) is 20.8. The molecule has 1 heterocycles. The Morgan fingerprint density at radius 3 is 2.61 bits per heavy atom. The molecule has 1 aliphatic rings. The third-order valence-electron chi connectivity index (χ3n) is 4.37. The summed E-state index contributed by atoms with van der Waals surface area (Å²) in [5, 5.41) is 8.81. The van der Waals surface area contributed by atoms with E-state index in [1.165, 1.54) is 7.11 Å². The third-order valence-corrected chi connectivity index (χ3v) is 4.48. The summed E-state index contributed by atoms with van der Waals surface area (Å²) >= 11 is 5.40. The van der Waals surface area contributed by atoms with Gasteiger partial charge in [-0.05, 0) is 32.3 Å². The topological polar surface area (TPSA) is 108 Å². The van der Waals surface area contributed by atoms with E-state index in [1.807, 2.05) is 0 Å². The first-order chi connectivity index (χ1) is 13.3. The average Bonchev–Trinajstić information content (AvgIpc) is 3.03. The molecular formula is C19H21ClO8. The molecule has 0 saturated heterocycles. The molecule has 2 rings (SSSR count). The van der Waals surface area contributed by atoms with E-state index in [-0.39, 0.29) is 30.8 Å². The summed E-state index contributed by atoms with van der Waals surface area (Å²) in [5.74, 6) is -1.05. The Hall–Kier alpha value is -2.74. The molecule has 0 spiro atoms. The molecule has 0 unspecified atom stereocenters. The maximum absolute atomic E-state index is 12.2. The highest BCUT2D eigenvalue weighted by Gasteiger charge is 2.34. The highest BCUT2D eigenvalue weighted by Crippen LogP contribution is 2.43. The van der Waals surface area contributed by atoms with Gasteiger partial charge in [-0.15, -0.1) is 0 Å². The maximum Gasteiger partial charge on any atom is 0.515 e. The van der Waals surface area contributed by atoms with Gasteiger partial charge >= 0.3 is 18.1 Å². The number of esters is 1. The Morgan fingerprint density at radius 1 is 1.29 bits per heavy atom. The maximum atomic E-state index is 12.2. The number of fused-ring (bicyclic) bond motifs is 1. The van der Waals surface area contributed by atoms with Crippen LogP contribution in [0.4, 0.5) is 4.79 Å². The molecule has 8 nitrogen and oxygen atoms in total. The van der Waals surface area contributed by atoms with Gasteiger partial charge in [0.15, 0.2) is 11.8 Å². The Balaban J connectivity index is 2.51. The van der Waals surface area contributed by atoms with Gasteiger partial charge in [-0.25, -0.2) is 9.59 Å². The number of aliphatic carboxylic acids is 1. The van der Waals surface area contributed by atoms with Crippen LogP contribution in [0, 0.1) is 6.92 Å². The lowest BCUT2D eigenvalue weighted by Gasteiger charge is -2.18. The summed E-state index contributed by atoms with van der Waals surface area (Å²) in [7, 11) is 1.47. The van der Waals surface area contributed by atoms with Crippen molar-refractivity contribution in [3.05, 3.63) is 33.9 Å². The Kier molecular flexibility index (Phi) is 7.28. The number of benzene rings is 1. The molecule has 1 N–H and O–H groups in total. The molecule has 1 aromatic carbocycles. The van der Waals surface area contributed by atoms with Crippen LogP contribution in [0.3, 0.4) is 0 Å². The van der Waals surface area contributed by atoms with Crippen LogP contribution in [0.25, 0.3) is 0 Å². The number of carboxylic acids is 1. The average molecular weight is 413 g/mol. The molecule has 28 heavy (non-hydrogen) atoms. The van der Waals surface area contributed by atoms with Gasteiger partial charge in [0.05, 0.1) is 7.11 Å². The van der Waals surface area contributed by atoms with Crippen molar-refractivity contribution in [3.63, 3.8) is 0 Å². The minimum absolute atomic E-state index is 0.000412. The lowest BCUT2D eigenvalue weighted by molar-refractivity contribution is -0.136. The fourth-order valence-corrected chi connectivity index (χ4v) is 3.05. The van der Waals surface area contributed by atoms with E-state index >= 15 is 0 Å². The molecule has 0 aromatic heterocycles. The van der Waals surface area contributed by atoms with E-state index in [0.29, 0.717) is 28.9 Å². The number of allylic oxidation sites excluding steroid dienone is 2. The molecule has 0 radical (unpaired) electrons. The smallest absolute Gasteiger partial charge is 0.496 e. The van der Waals surface area contributed by atoms with Crippen molar-refractivity contribution in [1.29, 1.82) is 0 Å². The van der Waals surface area contributed by atoms with Gasteiger partial charge in [-0.2, -0.15) is 0 Å². The van der Waals surface area contributed by atoms with Crippen LogP contribution < -0.4 is 9.47 Å². The highest BCUT2D eigenvalue weighted by molar-refractivity contribution is 6.17. The zero-order valence-corrected chi connectivity index (χ0v) is 16.6. The van der Waals surface area contributed by atoms with Crippen LogP contribution in [-0.4, -0.2) is 36.4 Å². The quantitative estimate of drug-likeness (QED) is 0.297. The van der Waals surface area contributed by atoms with Gasteiger partial charge in [0.25, 0.3) is 0 Å². The van der Waals surface area contributed by atoms with Crippen molar-refractivity contribution in [2.75, 3.05) is 13.2 Å². The van der Waals surface area contributed by atoms with E-state index in [1.54, 1.807) is 19.9 Å². The first kappa shape index (κ1) is 21.6. The van der Waals surface area contributed by atoms with Crippen molar-refractivity contribution in [2.45, 2.75) is 39.7 Å². The Bertz CT molecular complexity index is 828. The largest absolute Gasteiger partial charge is 0.515 e. The number of carbonyl (C=O) groups is 3. The highest BCUT2D eigenvalue weighted by atomic mass is 35.5. The van der Waals surface area contributed by atoms with Crippen LogP contribution >= 0.6 is 11.6 Å². The van der Waals surface area contributed by atoms with Crippen molar-refractivity contribution < 1.29 is 38.4 Å². The number of methoxy groups -OCH3 is 1. The zero-order valence-electron chi connectivity index (χ0n) is 15.8. The van der Waals surface area contributed by atoms with Crippen LogP contribution in [0.15, 0.2) is 11.6 Å². The lowest BCUT2D eigenvalue weighted by Crippen LogP contribution is -2.15. The molecule has 0 bridgehead atoms. The van der Waals surface area contributed by atoms with Gasteiger partial charge < -0.3 is 24.1 Å². The van der Waals surface area contributed by atoms with Crippen LogP contribution in [-0.2, 0) is 27.3 Å². The van der Waals surface area contributed by atoms with Gasteiger partial charge in [0, 0.05) is 17.5 Å². The second-order valence-corrected chi connectivity index (χ2v) is 6.37. The van der Waals surface area contributed by atoms with E-state index in [0.717, 1.165) is 5.57 Å². The number of carboxylic acid groups (broad SMARTS) is 1. The van der Waals surface area contributed by atoms with Crippen molar-refractivity contribution in [2.24, 2.45) is 0 Å². The second kappa shape index (κ2) is 9.45. The van der Waals surface area contributed by atoms with Crippen molar-refractivity contribution in [1.82, 2.24) is 0 Å². The van der Waals surface area contributed by atoms with Gasteiger partial charge in [-0.1, -0.05) is 23.3 Å². The molecule has 9 heteroatoms. The number of hydrogen-bond donors (Lipinski definition) is 1. The number of carbonyl (C=O) groups excluding carboxylic acids is 2. The number of cyclic esters (lactones) is 1. The number of hydrogen-bond acceptors (Lipinski definition) is 7. The number of alkyl halides is 1. The first-order valence-corrected chi connectivity index (χ1v) is 9.01. The monoisotopic (exact) mass is 412 g/mol. The predicted octanol–water partition coefficient (Wildman–Crippen LogP) is 3.74. The standard InChI is InChI=1S/C19H21ClO8/c1-10(5-7-14(21)22)4-6-12-16(25-3)11(2)13-8-26-18(23)15(13)17(12)28-19(24)27-9-20/h4H,5-9H2,1-3H3,(H,21,22)/b10-4+. The molecule has 0 fully saturated rings. The normalized spacial score (nSPS) is 13.0. The second-order valence-electron chi connectivity index (χ2n) is 6.15. The summed E-state index contributed by atoms with van der Waals surface area (Å²) in [6.45, 7) is 3.63. The van der Waals surface area contributed by atoms with Crippen molar-refractivity contribution >= 4 is 29.7 Å². The number of rotatable bonds is 8. The molecule has 0 atom stereocenters. The van der Waals surface area contributed by atoms with Gasteiger partial charge in [-0.3, -0.25) is 4.79 Å². The number of halogens is 1. The summed E-state index contributed by atoms with van der Waals surface area (Å²) < 4.78 is 20.5. The minimum Gasteiger partial charge on any atom is -0.496 e. The molecular weight excluding hydrogens is 392 g/mol. The van der Waals surface area contributed by atoms with Crippen LogP contribution in [0.1, 0.15) is 46.8 Å². The molecule has 0 amide bonds. The van der Waals surface area contributed by atoms with E-state index in [9.17, 15) is 14.4 Å². The SMILES string of the molecule is COc1c(C)c2c(c(OC(=O)OCCl)c1C/C=C(\C)CCC(=O)O)C(=O)OC2. The molecule has 1 aliphatic heterocycles. The van der Waals surface area contributed by atoms with Crippen LogP contribution in [0.2, 0.25) is 0 Å². The van der Waals surface area contributed by atoms with E-state index in [4.69, 9.17) is 30.9 Å². The molecule has 152 valence electrons. The minimum atomic E-state index is -1.06. The molecule has 1 aromatic rings. The van der Waals surface area contributed by atoms with Gasteiger partial charge in [0.1, 0.15) is 17.9 Å². The third kappa shape index (κ3) is 4.75. The van der Waals surface area contributed by atoms with Crippen molar-refractivity contribution in [3.8, 4) is 11.5 Å². The fourth-order valence-electron chi connectivity index (χ4n) is 2.96. The van der Waals surface area contributed by atoms with E-state index in [2.05, 4.69) is 4.74 Å². The fraction of sp³-hybridized carbons (Fsp3) is 0.421. The summed E-state index contributed by atoms with van der Waals surface area (Å²) in [6, 6.07) is -0.405. The molecule has 0 saturated carbocycles. The Morgan fingerprint density at radius 2 is 2.00 bits per heavy atom. The number of ether oxygens (including phenoxy) is 4. The van der Waals surface area contributed by atoms with Gasteiger partial charge in [0.2, 0.25) is 0 Å². The first-order valence-electron chi connectivity index (χ1n) is 8.47. The van der Waals surface area contributed by atoms with E-state index < -0.39 is 24.2 Å². The summed E-state index contributed by atoms with van der Waals surface area (Å²) in [5.41, 5.74) is 2.72. The molecule has 0 aliphatic carbocycles. The van der Waals surface area contributed by atoms with Crippen LogP contribution in [0.5, 0.6) is 11.5 Å². The predicted molar refractivity (Wildman–Crippen MR) is 99.0 cm³/mol. The Labute approximate surface area is 167 Å². The summed E-state index contributed by atoms with van der Waals surface area (Å²) in [6.07, 6.45) is 1.36. The lowest BCUT2D eigenvalue weighted by atomic mass is 9.94. The summed E-state index contributed by atoms with van der Waals surface area (Å²) in [4.78, 5) is 34.9.